The number of carbonyl (C=O) groups excluding carboxylic acids is 2. The second-order valence-electron chi connectivity index (χ2n) is 12.4. The number of anilines is 1. The van der Waals surface area contributed by atoms with Crippen LogP contribution in [0.5, 0.6) is 0 Å². The van der Waals surface area contributed by atoms with Crippen molar-refractivity contribution in [2.24, 2.45) is 0 Å². The van der Waals surface area contributed by atoms with E-state index < -0.39 is 47.3 Å². The Labute approximate surface area is 277 Å². The van der Waals surface area contributed by atoms with Gasteiger partial charge in [-0.15, -0.1) is 0 Å². The van der Waals surface area contributed by atoms with Crippen LogP contribution in [0.4, 0.5) is 37.1 Å². The lowest BCUT2D eigenvalue weighted by molar-refractivity contribution is -0.141. The molecule has 0 unspecified atom stereocenters. The zero-order valence-electron chi connectivity index (χ0n) is 26.9. The maximum absolute atomic E-state index is 13.6. The van der Waals surface area contributed by atoms with E-state index in [2.05, 4.69) is 25.7 Å². The Hall–Kier alpha value is -5.15. The average Bonchev–Trinajstić information content (AvgIpc) is 3.47. The SMILES string of the molecule is C[C@@H](NC(=O)c1ccnc(N2CCn3nc(C(F)(F)F)cc3C2)n1)c1ccc(-c2cc(C(F)(F)F)ccc2CNC(=O)OC(C)(C)C)cc1. The molecule has 2 aromatic carbocycles. The predicted molar refractivity (Wildman–Crippen MR) is 166 cm³/mol. The summed E-state index contributed by atoms with van der Waals surface area (Å²) >= 11 is 0. The minimum Gasteiger partial charge on any atom is -0.444 e. The Morgan fingerprint density at radius 2 is 1.65 bits per heavy atom. The second kappa shape index (κ2) is 13.4. The highest BCUT2D eigenvalue weighted by molar-refractivity contribution is 5.92. The van der Waals surface area contributed by atoms with Gasteiger partial charge in [0.25, 0.3) is 5.91 Å². The predicted octanol–water partition coefficient (Wildman–Crippen LogP) is 6.91. The van der Waals surface area contributed by atoms with Crippen LogP contribution in [-0.2, 0) is 36.7 Å². The topological polar surface area (TPSA) is 114 Å². The highest BCUT2D eigenvalue weighted by atomic mass is 19.4. The van der Waals surface area contributed by atoms with Crippen molar-refractivity contribution >= 4 is 17.9 Å². The van der Waals surface area contributed by atoms with Crippen LogP contribution < -0.4 is 15.5 Å². The van der Waals surface area contributed by atoms with E-state index >= 15 is 0 Å². The number of alkyl carbamates (subject to hydrolysis) is 1. The molecule has 0 saturated carbocycles. The summed E-state index contributed by atoms with van der Waals surface area (Å²) in [6, 6.07) is 11.7. The minimum atomic E-state index is -4.58. The maximum Gasteiger partial charge on any atom is 0.435 e. The van der Waals surface area contributed by atoms with Crippen molar-refractivity contribution in [1.82, 2.24) is 30.4 Å². The highest BCUT2D eigenvalue weighted by Gasteiger charge is 2.36. The summed E-state index contributed by atoms with van der Waals surface area (Å²) in [5.41, 5.74) is -0.400. The van der Waals surface area contributed by atoms with E-state index in [-0.39, 0.29) is 43.4 Å². The van der Waals surface area contributed by atoms with E-state index in [1.165, 1.54) is 23.0 Å². The van der Waals surface area contributed by atoms with Crippen LogP contribution in [0.15, 0.2) is 60.8 Å². The first-order valence-corrected chi connectivity index (χ1v) is 15.2. The molecule has 0 saturated heterocycles. The first kappa shape index (κ1) is 35.2. The molecule has 2 amide bonds. The number of rotatable bonds is 7. The molecule has 1 atom stereocenters. The number of hydrogen-bond donors (Lipinski definition) is 2. The lowest BCUT2D eigenvalue weighted by atomic mass is 9.95. The standard InChI is InChI=1S/C33H33F6N7O3/c1-19(42-28(47)26-11-12-40-29(43-26)45-13-14-46-24(18-45)16-27(44-46)33(37,38)39)20-5-7-21(8-6-20)25-15-23(32(34,35)36)10-9-22(25)17-41-30(48)49-31(2,3)4/h5-12,15-16,19H,13-14,17-18H2,1-4H3,(H,41,48)(H,42,47)/t19-/m1/s1. The number of amides is 2. The van der Waals surface area contributed by atoms with Gasteiger partial charge in [0.15, 0.2) is 5.69 Å². The summed E-state index contributed by atoms with van der Waals surface area (Å²) in [6.07, 6.45) is -8.48. The normalized spacial score (nSPS) is 14.2. The third-order valence-corrected chi connectivity index (χ3v) is 7.58. The van der Waals surface area contributed by atoms with Gasteiger partial charge in [0, 0.05) is 19.3 Å². The van der Waals surface area contributed by atoms with Gasteiger partial charge in [-0.3, -0.25) is 9.48 Å². The second-order valence-corrected chi connectivity index (χ2v) is 12.4. The van der Waals surface area contributed by atoms with Gasteiger partial charge in [-0.25, -0.2) is 14.8 Å². The number of fused-ring (bicyclic) bond motifs is 1. The number of carbonyl (C=O) groups is 2. The molecule has 0 radical (unpaired) electrons. The van der Waals surface area contributed by atoms with Crippen molar-refractivity contribution in [2.45, 2.75) is 71.3 Å². The van der Waals surface area contributed by atoms with Gasteiger partial charge in [-0.1, -0.05) is 30.3 Å². The fraction of sp³-hybridized carbons (Fsp3) is 0.364. The quantitative estimate of drug-likeness (QED) is 0.203. The van der Waals surface area contributed by atoms with Crippen LogP contribution in [0.25, 0.3) is 11.1 Å². The summed E-state index contributed by atoms with van der Waals surface area (Å²) in [4.78, 5) is 35.5. The maximum atomic E-state index is 13.6. The van der Waals surface area contributed by atoms with Gasteiger partial charge >= 0.3 is 18.4 Å². The molecule has 1 aliphatic heterocycles. The van der Waals surface area contributed by atoms with E-state index in [9.17, 15) is 35.9 Å². The van der Waals surface area contributed by atoms with E-state index in [0.717, 1.165) is 18.2 Å². The largest absolute Gasteiger partial charge is 0.444 e. The fourth-order valence-corrected chi connectivity index (χ4v) is 5.17. The van der Waals surface area contributed by atoms with Gasteiger partial charge in [-0.2, -0.15) is 31.4 Å². The molecule has 0 spiro atoms. The van der Waals surface area contributed by atoms with Crippen molar-refractivity contribution in [1.29, 1.82) is 0 Å². The smallest absolute Gasteiger partial charge is 0.435 e. The molecule has 260 valence electrons. The molecule has 0 aliphatic carbocycles. The minimum absolute atomic E-state index is 0.0367. The highest BCUT2D eigenvalue weighted by Crippen LogP contribution is 2.35. The van der Waals surface area contributed by atoms with Gasteiger partial charge in [0.05, 0.1) is 30.4 Å². The first-order chi connectivity index (χ1) is 22.9. The van der Waals surface area contributed by atoms with Gasteiger partial charge < -0.3 is 20.3 Å². The number of halogens is 6. The Balaban J connectivity index is 1.28. The van der Waals surface area contributed by atoms with Crippen molar-refractivity contribution in [3.05, 3.63) is 94.6 Å². The van der Waals surface area contributed by atoms with E-state index in [1.807, 2.05) is 0 Å². The number of aromatic nitrogens is 4. The molecule has 4 aromatic rings. The van der Waals surface area contributed by atoms with Crippen molar-refractivity contribution in [3.8, 4) is 11.1 Å². The number of benzene rings is 2. The Kier molecular flexibility index (Phi) is 9.61. The monoisotopic (exact) mass is 689 g/mol. The van der Waals surface area contributed by atoms with Crippen LogP contribution in [0.2, 0.25) is 0 Å². The molecule has 0 fully saturated rings. The molecule has 16 heteroatoms. The summed E-state index contributed by atoms with van der Waals surface area (Å²) in [5, 5.41) is 9.03. The zero-order chi connectivity index (χ0) is 35.7. The summed E-state index contributed by atoms with van der Waals surface area (Å²) < 4.78 is 86.6. The molecule has 0 bridgehead atoms. The average molecular weight is 690 g/mol. The summed E-state index contributed by atoms with van der Waals surface area (Å²) in [6.45, 7) is 7.26. The van der Waals surface area contributed by atoms with E-state index in [1.54, 1.807) is 56.9 Å². The molecule has 2 aromatic heterocycles. The van der Waals surface area contributed by atoms with Crippen molar-refractivity contribution in [3.63, 3.8) is 0 Å². The number of ether oxygens (including phenoxy) is 1. The molecule has 10 nitrogen and oxygen atoms in total. The van der Waals surface area contributed by atoms with Crippen LogP contribution in [-0.4, -0.2) is 43.9 Å². The van der Waals surface area contributed by atoms with Crippen LogP contribution in [0, 0.1) is 0 Å². The molecule has 2 N–H and O–H groups in total. The molecular formula is C33H33F6N7O3. The third-order valence-electron chi connectivity index (χ3n) is 7.58. The molecule has 1 aliphatic rings. The third kappa shape index (κ3) is 8.66. The molecule has 5 rings (SSSR count). The summed E-state index contributed by atoms with van der Waals surface area (Å²) in [5.74, 6) is -0.362. The first-order valence-electron chi connectivity index (χ1n) is 15.2. The molecule has 3 heterocycles. The van der Waals surface area contributed by atoms with Gasteiger partial charge in [0.1, 0.15) is 11.3 Å². The summed E-state index contributed by atoms with van der Waals surface area (Å²) in [7, 11) is 0. The van der Waals surface area contributed by atoms with Gasteiger partial charge in [-0.05, 0) is 74.2 Å². The fourth-order valence-electron chi connectivity index (χ4n) is 5.17. The van der Waals surface area contributed by atoms with Crippen LogP contribution >= 0.6 is 0 Å². The van der Waals surface area contributed by atoms with Crippen molar-refractivity contribution < 1.29 is 40.7 Å². The lowest BCUT2D eigenvalue weighted by Crippen LogP contribution is -2.35. The Bertz CT molecular complexity index is 1830. The zero-order valence-corrected chi connectivity index (χ0v) is 26.9. The van der Waals surface area contributed by atoms with Crippen LogP contribution in [0.3, 0.4) is 0 Å². The molecule has 49 heavy (non-hydrogen) atoms. The van der Waals surface area contributed by atoms with Crippen LogP contribution in [0.1, 0.15) is 72.3 Å². The van der Waals surface area contributed by atoms with E-state index in [0.29, 0.717) is 22.4 Å². The number of hydrogen-bond acceptors (Lipinski definition) is 7. The number of nitrogens with zero attached hydrogens (tertiary/aromatic N) is 5. The Morgan fingerprint density at radius 1 is 0.939 bits per heavy atom. The van der Waals surface area contributed by atoms with Gasteiger partial charge in [0.2, 0.25) is 5.95 Å². The number of nitrogens with one attached hydrogen (secondary N) is 2. The lowest BCUT2D eigenvalue weighted by Gasteiger charge is -2.27. The van der Waals surface area contributed by atoms with E-state index in [4.69, 9.17) is 4.74 Å². The Morgan fingerprint density at radius 3 is 2.31 bits per heavy atom. The number of alkyl halides is 6. The molecular weight excluding hydrogens is 656 g/mol. The van der Waals surface area contributed by atoms with Crippen molar-refractivity contribution in [2.75, 3.05) is 11.4 Å².